The Hall–Kier alpha value is -1.75. The minimum Gasteiger partial charge on any atom is -0.492 e. The summed E-state index contributed by atoms with van der Waals surface area (Å²) >= 11 is 5.94. The summed E-state index contributed by atoms with van der Waals surface area (Å²) in [5.41, 5.74) is 0.877. The maximum atomic E-state index is 12.1. The Morgan fingerprint density at radius 1 is 1.43 bits per heavy atom. The fourth-order valence-corrected chi connectivity index (χ4v) is 2.39. The van der Waals surface area contributed by atoms with Crippen LogP contribution in [0.15, 0.2) is 18.2 Å². The van der Waals surface area contributed by atoms with E-state index in [9.17, 15) is 9.59 Å². The third kappa shape index (κ3) is 3.67. The molecular weight excluding hydrogens is 294 g/mol. The molecule has 114 valence electrons. The fourth-order valence-electron chi connectivity index (χ4n) is 2.20. The van der Waals surface area contributed by atoms with Gasteiger partial charge in [-0.25, -0.2) is 0 Å². The summed E-state index contributed by atoms with van der Waals surface area (Å²) in [5.74, 6) is -0.360. The zero-order valence-electron chi connectivity index (χ0n) is 12.3. The van der Waals surface area contributed by atoms with Crippen molar-refractivity contribution in [1.82, 2.24) is 4.90 Å². The Morgan fingerprint density at radius 3 is 2.81 bits per heavy atom. The highest BCUT2D eigenvalue weighted by Crippen LogP contribution is 2.30. The molecule has 1 aliphatic heterocycles. The number of carbonyl (C=O) groups is 2. The van der Waals surface area contributed by atoms with Crippen LogP contribution in [0.2, 0.25) is 5.02 Å². The SMILES string of the molecule is C[C@@H](OC(=O)[C@H]1COc2ccc(Cl)cc2C1)C(=O)N(C)C. The lowest BCUT2D eigenvalue weighted by atomic mass is 9.97. The molecule has 1 aromatic carbocycles. The van der Waals surface area contributed by atoms with E-state index >= 15 is 0 Å². The first kappa shape index (κ1) is 15.6. The molecule has 0 bridgehead atoms. The van der Waals surface area contributed by atoms with Crippen molar-refractivity contribution in [2.24, 2.45) is 5.92 Å². The molecule has 0 saturated heterocycles. The van der Waals surface area contributed by atoms with Crippen molar-refractivity contribution in [3.05, 3.63) is 28.8 Å². The van der Waals surface area contributed by atoms with Crippen molar-refractivity contribution in [2.75, 3.05) is 20.7 Å². The average molecular weight is 312 g/mol. The van der Waals surface area contributed by atoms with Crippen LogP contribution in [-0.4, -0.2) is 43.6 Å². The summed E-state index contributed by atoms with van der Waals surface area (Å²) in [6, 6.07) is 5.32. The summed E-state index contributed by atoms with van der Waals surface area (Å²) in [6.45, 7) is 1.81. The van der Waals surface area contributed by atoms with Crippen molar-refractivity contribution < 1.29 is 19.1 Å². The van der Waals surface area contributed by atoms with Gasteiger partial charge < -0.3 is 14.4 Å². The van der Waals surface area contributed by atoms with E-state index in [4.69, 9.17) is 21.1 Å². The number of amides is 1. The molecule has 2 atom stereocenters. The van der Waals surface area contributed by atoms with E-state index in [-0.39, 0.29) is 12.5 Å². The zero-order valence-corrected chi connectivity index (χ0v) is 13.0. The average Bonchev–Trinajstić information content (AvgIpc) is 2.45. The molecule has 1 amide bonds. The Balaban J connectivity index is 2.00. The Kier molecular flexibility index (Phi) is 4.73. The number of likely N-dealkylation sites (N-methyl/N-ethyl adjacent to an activating group) is 1. The van der Waals surface area contributed by atoms with Crippen molar-refractivity contribution in [3.8, 4) is 5.75 Å². The van der Waals surface area contributed by atoms with Gasteiger partial charge in [-0.15, -0.1) is 0 Å². The highest BCUT2D eigenvalue weighted by Gasteiger charge is 2.30. The lowest BCUT2D eigenvalue weighted by Crippen LogP contribution is -2.38. The predicted molar refractivity (Wildman–Crippen MR) is 78.4 cm³/mol. The third-order valence-electron chi connectivity index (χ3n) is 3.34. The maximum absolute atomic E-state index is 12.1. The van der Waals surface area contributed by atoms with Crippen LogP contribution in [0.3, 0.4) is 0 Å². The summed E-state index contributed by atoms with van der Waals surface area (Å²) in [7, 11) is 3.24. The summed E-state index contributed by atoms with van der Waals surface area (Å²) in [4.78, 5) is 25.2. The van der Waals surface area contributed by atoms with Gasteiger partial charge in [0.25, 0.3) is 5.91 Å². The normalized spacial score (nSPS) is 18.2. The Bertz CT molecular complexity index is 559. The lowest BCUT2D eigenvalue weighted by Gasteiger charge is -2.25. The second-order valence-corrected chi connectivity index (χ2v) is 5.71. The fraction of sp³-hybridized carbons (Fsp3) is 0.467. The van der Waals surface area contributed by atoms with Crippen molar-refractivity contribution in [1.29, 1.82) is 0 Å². The van der Waals surface area contributed by atoms with Gasteiger partial charge in [0.1, 0.15) is 12.4 Å². The number of ether oxygens (including phenoxy) is 2. The molecule has 0 aliphatic carbocycles. The van der Waals surface area contributed by atoms with Gasteiger partial charge in [0.2, 0.25) is 0 Å². The monoisotopic (exact) mass is 311 g/mol. The molecule has 0 spiro atoms. The molecule has 0 radical (unpaired) electrons. The molecule has 1 aromatic rings. The summed E-state index contributed by atoms with van der Waals surface area (Å²) < 4.78 is 10.8. The molecule has 0 fully saturated rings. The number of esters is 1. The quantitative estimate of drug-likeness (QED) is 0.800. The molecule has 1 heterocycles. The van der Waals surface area contributed by atoms with Crippen LogP contribution in [0.25, 0.3) is 0 Å². The predicted octanol–water partition coefficient (Wildman–Crippen LogP) is 1.91. The van der Waals surface area contributed by atoms with Gasteiger partial charge in [-0.1, -0.05) is 11.6 Å². The van der Waals surface area contributed by atoms with Crippen LogP contribution in [0.5, 0.6) is 5.75 Å². The third-order valence-corrected chi connectivity index (χ3v) is 3.58. The number of hydrogen-bond donors (Lipinski definition) is 0. The van der Waals surface area contributed by atoms with Crippen LogP contribution >= 0.6 is 11.6 Å². The van der Waals surface area contributed by atoms with Gasteiger partial charge in [0.05, 0.1) is 5.92 Å². The van der Waals surface area contributed by atoms with E-state index in [0.29, 0.717) is 11.4 Å². The molecule has 5 nitrogen and oxygen atoms in total. The topological polar surface area (TPSA) is 55.8 Å². The maximum Gasteiger partial charge on any atom is 0.313 e. The van der Waals surface area contributed by atoms with Crippen molar-refractivity contribution >= 4 is 23.5 Å². The highest BCUT2D eigenvalue weighted by molar-refractivity contribution is 6.30. The van der Waals surface area contributed by atoms with Crippen LogP contribution in [0.4, 0.5) is 0 Å². The molecule has 1 aliphatic rings. The number of fused-ring (bicyclic) bond motifs is 1. The molecule has 0 N–H and O–H groups in total. The van der Waals surface area contributed by atoms with Crippen LogP contribution in [0.1, 0.15) is 12.5 Å². The van der Waals surface area contributed by atoms with E-state index in [0.717, 1.165) is 11.3 Å². The van der Waals surface area contributed by atoms with Gasteiger partial charge in [-0.3, -0.25) is 9.59 Å². The van der Waals surface area contributed by atoms with Crippen molar-refractivity contribution in [3.63, 3.8) is 0 Å². The number of halogens is 1. The van der Waals surface area contributed by atoms with Crippen LogP contribution < -0.4 is 4.74 Å². The van der Waals surface area contributed by atoms with E-state index in [2.05, 4.69) is 0 Å². The van der Waals surface area contributed by atoms with E-state index < -0.39 is 18.0 Å². The molecule has 21 heavy (non-hydrogen) atoms. The number of rotatable bonds is 3. The number of carbonyl (C=O) groups excluding carboxylic acids is 2. The first-order valence-corrected chi connectivity index (χ1v) is 7.09. The second-order valence-electron chi connectivity index (χ2n) is 5.28. The molecule has 0 aromatic heterocycles. The number of benzene rings is 1. The van der Waals surface area contributed by atoms with Crippen LogP contribution in [-0.2, 0) is 20.7 Å². The molecule has 0 unspecified atom stereocenters. The zero-order chi connectivity index (χ0) is 15.6. The lowest BCUT2D eigenvalue weighted by molar-refractivity contribution is -0.162. The van der Waals surface area contributed by atoms with Gasteiger partial charge in [-0.05, 0) is 37.1 Å². The molecule has 0 saturated carbocycles. The van der Waals surface area contributed by atoms with E-state index in [1.807, 2.05) is 0 Å². The Labute approximate surface area is 128 Å². The van der Waals surface area contributed by atoms with E-state index in [1.165, 1.54) is 4.90 Å². The van der Waals surface area contributed by atoms with Crippen molar-refractivity contribution in [2.45, 2.75) is 19.4 Å². The number of nitrogens with zero attached hydrogens (tertiary/aromatic N) is 1. The summed E-state index contributed by atoms with van der Waals surface area (Å²) in [5, 5.41) is 0.600. The minimum atomic E-state index is -0.798. The van der Waals surface area contributed by atoms with Crippen LogP contribution in [0, 0.1) is 5.92 Å². The van der Waals surface area contributed by atoms with Gasteiger partial charge in [0.15, 0.2) is 6.10 Å². The van der Waals surface area contributed by atoms with Gasteiger partial charge in [-0.2, -0.15) is 0 Å². The first-order chi connectivity index (χ1) is 9.88. The standard InChI is InChI=1S/C15H18ClNO4/c1-9(14(18)17(2)3)21-15(19)11-6-10-7-12(16)4-5-13(10)20-8-11/h4-5,7,9,11H,6,8H2,1-3H3/t9-,11-/m1/s1. The number of hydrogen-bond acceptors (Lipinski definition) is 4. The first-order valence-electron chi connectivity index (χ1n) is 6.71. The van der Waals surface area contributed by atoms with Gasteiger partial charge in [0, 0.05) is 19.1 Å². The van der Waals surface area contributed by atoms with E-state index in [1.54, 1.807) is 39.2 Å². The molecule has 2 rings (SSSR count). The second kappa shape index (κ2) is 6.35. The highest BCUT2D eigenvalue weighted by atomic mass is 35.5. The molecule has 6 heteroatoms. The Morgan fingerprint density at radius 2 is 2.14 bits per heavy atom. The minimum absolute atomic E-state index is 0.246. The van der Waals surface area contributed by atoms with Gasteiger partial charge >= 0.3 is 5.97 Å². The summed E-state index contributed by atoms with van der Waals surface area (Å²) in [6.07, 6.45) is -0.300. The smallest absolute Gasteiger partial charge is 0.313 e. The largest absolute Gasteiger partial charge is 0.492 e. The molecular formula is C15H18ClNO4.